The van der Waals surface area contributed by atoms with Crippen LogP contribution in [0.2, 0.25) is 0 Å². The Labute approximate surface area is 213 Å². The summed E-state index contributed by atoms with van der Waals surface area (Å²) in [6.45, 7) is 4.12. The highest BCUT2D eigenvalue weighted by molar-refractivity contribution is 5.87. The zero-order valence-electron chi connectivity index (χ0n) is 20.9. The number of hydrogen-bond donors (Lipinski definition) is 1. The van der Waals surface area contributed by atoms with Crippen molar-refractivity contribution in [2.45, 2.75) is 32.4 Å². The van der Waals surface area contributed by atoms with Gasteiger partial charge in [-0.2, -0.15) is 0 Å². The van der Waals surface area contributed by atoms with Crippen molar-refractivity contribution in [2.24, 2.45) is 11.8 Å². The van der Waals surface area contributed by atoms with Crippen molar-refractivity contribution in [3.8, 4) is 5.75 Å². The first-order valence-corrected chi connectivity index (χ1v) is 12.7. The number of rotatable bonds is 8. The van der Waals surface area contributed by atoms with Gasteiger partial charge in [-0.15, -0.1) is 0 Å². The molecule has 0 aliphatic carbocycles. The Morgan fingerprint density at radius 1 is 1.16 bits per heavy atom. The van der Waals surface area contributed by atoms with Gasteiger partial charge >= 0.3 is 0 Å². The average molecular weight is 518 g/mol. The lowest BCUT2D eigenvalue weighted by Crippen LogP contribution is -2.49. The number of aromatic nitrogens is 1. The molecule has 5 rings (SSSR count). The SMILES string of the molecule is CC(CF)C(=O)N1[C@H](c2c(F)cc(OCCN3CC(CF)C3)cc2F)c2[nH]c3ccccc3c2C[C@H]1C. The van der Waals surface area contributed by atoms with Crippen LogP contribution in [0.15, 0.2) is 36.4 Å². The largest absolute Gasteiger partial charge is 0.492 e. The first-order valence-electron chi connectivity index (χ1n) is 12.7. The number of halogens is 4. The summed E-state index contributed by atoms with van der Waals surface area (Å²) in [5.74, 6) is -3.03. The lowest BCUT2D eigenvalue weighted by atomic mass is 9.87. The van der Waals surface area contributed by atoms with Gasteiger partial charge in [0.15, 0.2) is 0 Å². The van der Waals surface area contributed by atoms with Crippen LogP contribution in [0.25, 0.3) is 10.9 Å². The summed E-state index contributed by atoms with van der Waals surface area (Å²) < 4.78 is 63.0. The fraction of sp³-hybridized carbons (Fsp3) is 0.464. The van der Waals surface area contributed by atoms with E-state index < -0.39 is 42.2 Å². The molecule has 1 fully saturated rings. The number of benzene rings is 2. The Morgan fingerprint density at radius 3 is 2.54 bits per heavy atom. The molecule has 5 nitrogen and oxygen atoms in total. The maximum Gasteiger partial charge on any atom is 0.229 e. The van der Waals surface area contributed by atoms with E-state index in [0.717, 1.165) is 28.6 Å². The van der Waals surface area contributed by atoms with E-state index in [2.05, 4.69) is 4.98 Å². The summed E-state index contributed by atoms with van der Waals surface area (Å²) in [6, 6.07) is 8.34. The molecule has 1 saturated heterocycles. The lowest BCUT2D eigenvalue weighted by Gasteiger charge is -2.42. The molecule has 0 bridgehead atoms. The van der Waals surface area contributed by atoms with E-state index >= 15 is 8.78 Å². The Kier molecular flexibility index (Phi) is 7.16. The smallest absolute Gasteiger partial charge is 0.229 e. The molecule has 0 saturated carbocycles. The summed E-state index contributed by atoms with van der Waals surface area (Å²) in [5, 5.41) is 0.932. The van der Waals surface area contributed by atoms with E-state index in [0.29, 0.717) is 31.7 Å². The van der Waals surface area contributed by atoms with Crippen LogP contribution in [0.4, 0.5) is 17.6 Å². The third kappa shape index (κ3) is 4.69. The predicted octanol–water partition coefficient (Wildman–Crippen LogP) is 5.19. The third-order valence-corrected chi connectivity index (χ3v) is 7.53. The molecule has 0 radical (unpaired) electrons. The number of carbonyl (C=O) groups excluding carboxylic acids is 1. The summed E-state index contributed by atoms with van der Waals surface area (Å²) in [6.07, 6.45) is 0.477. The fourth-order valence-electron chi connectivity index (χ4n) is 5.57. The number of fused-ring (bicyclic) bond motifs is 3. The third-order valence-electron chi connectivity index (χ3n) is 7.53. The minimum atomic E-state index is -1.08. The highest BCUT2D eigenvalue weighted by Gasteiger charge is 2.42. The number of carbonyl (C=O) groups is 1. The van der Waals surface area contributed by atoms with Gasteiger partial charge in [-0.25, -0.2) is 8.78 Å². The Morgan fingerprint density at radius 2 is 1.86 bits per heavy atom. The number of nitrogens with zero attached hydrogens (tertiary/aromatic N) is 2. The Hall–Kier alpha value is -3.07. The number of ether oxygens (including phenoxy) is 1. The molecule has 37 heavy (non-hydrogen) atoms. The lowest BCUT2D eigenvalue weighted by molar-refractivity contribution is -0.140. The number of likely N-dealkylation sites (tertiary alicyclic amines) is 1. The molecular weight excluding hydrogens is 486 g/mol. The van der Waals surface area contributed by atoms with Gasteiger partial charge < -0.3 is 14.6 Å². The number of amides is 1. The minimum Gasteiger partial charge on any atom is -0.492 e. The normalized spacial score (nSPS) is 21.1. The van der Waals surface area contributed by atoms with Crippen LogP contribution in [-0.4, -0.2) is 66.3 Å². The van der Waals surface area contributed by atoms with Gasteiger partial charge in [0, 0.05) is 60.3 Å². The van der Waals surface area contributed by atoms with Crippen molar-refractivity contribution in [1.29, 1.82) is 0 Å². The van der Waals surface area contributed by atoms with Crippen LogP contribution < -0.4 is 4.74 Å². The second kappa shape index (κ2) is 10.4. The maximum absolute atomic E-state index is 15.7. The first kappa shape index (κ1) is 25.6. The van der Waals surface area contributed by atoms with Crippen molar-refractivity contribution < 1.29 is 27.1 Å². The standard InChI is InChI=1S/C28H31F4N3O2/c1-16(12-29)28(36)35-17(2)9-21-20-5-3-4-6-24(20)33-26(21)27(35)25-22(31)10-19(11-23(25)32)37-8-7-34-14-18(13-30)15-34/h3-6,10-11,16-18,27,33H,7-9,12-15H2,1-2H3/t16?,17-,27-/m1/s1. The minimum absolute atomic E-state index is 0.0389. The number of aromatic amines is 1. The first-order chi connectivity index (χ1) is 17.8. The van der Waals surface area contributed by atoms with Crippen LogP contribution in [0.1, 0.15) is 36.7 Å². The highest BCUT2D eigenvalue weighted by Crippen LogP contribution is 2.43. The molecule has 1 amide bonds. The van der Waals surface area contributed by atoms with E-state index in [1.165, 1.54) is 11.8 Å². The number of alkyl halides is 2. The summed E-state index contributed by atoms with van der Waals surface area (Å²) in [4.78, 5) is 20.0. The fourth-order valence-corrected chi connectivity index (χ4v) is 5.57. The molecule has 1 N–H and O–H groups in total. The van der Waals surface area contributed by atoms with E-state index in [-0.39, 0.29) is 30.5 Å². The van der Waals surface area contributed by atoms with E-state index in [1.807, 2.05) is 36.1 Å². The molecule has 1 aromatic heterocycles. The highest BCUT2D eigenvalue weighted by atomic mass is 19.1. The maximum atomic E-state index is 15.7. The van der Waals surface area contributed by atoms with Gasteiger partial charge in [-0.05, 0) is 25.0 Å². The molecule has 1 unspecified atom stereocenters. The summed E-state index contributed by atoms with van der Waals surface area (Å²) in [7, 11) is 0. The molecule has 3 atom stereocenters. The quantitative estimate of drug-likeness (QED) is 0.418. The second-order valence-corrected chi connectivity index (χ2v) is 10.2. The monoisotopic (exact) mass is 517 g/mol. The molecule has 3 heterocycles. The summed E-state index contributed by atoms with van der Waals surface area (Å²) >= 11 is 0. The average Bonchev–Trinajstić information content (AvgIpc) is 3.22. The van der Waals surface area contributed by atoms with Gasteiger partial charge in [-0.1, -0.05) is 25.1 Å². The molecule has 198 valence electrons. The summed E-state index contributed by atoms with van der Waals surface area (Å²) in [5.41, 5.74) is 1.95. The van der Waals surface area contributed by atoms with Crippen LogP contribution in [0, 0.1) is 23.5 Å². The molecular formula is C28H31F4N3O2. The molecule has 2 aliphatic heterocycles. The molecule has 9 heteroatoms. The van der Waals surface area contributed by atoms with Gasteiger partial charge in [-0.3, -0.25) is 18.5 Å². The zero-order valence-corrected chi connectivity index (χ0v) is 20.9. The van der Waals surface area contributed by atoms with Crippen molar-refractivity contribution in [3.05, 3.63) is 64.9 Å². The molecule has 3 aromatic rings. The van der Waals surface area contributed by atoms with Crippen molar-refractivity contribution in [3.63, 3.8) is 0 Å². The number of H-pyrrole nitrogens is 1. The van der Waals surface area contributed by atoms with Crippen LogP contribution in [0.3, 0.4) is 0 Å². The number of nitrogens with one attached hydrogen (secondary N) is 1. The van der Waals surface area contributed by atoms with E-state index in [1.54, 1.807) is 0 Å². The van der Waals surface area contributed by atoms with Gasteiger partial charge in [0.2, 0.25) is 5.91 Å². The second-order valence-electron chi connectivity index (χ2n) is 10.2. The molecule has 0 spiro atoms. The predicted molar refractivity (Wildman–Crippen MR) is 133 cm³/mol. The van der Waals surface area contributed by atoms with Gasteiger partial charge in [0.25, 0.3) is 0 Å². The van der Waals surface area contributed by atoms with Gasteiger partial charge in [0.1, 0.15) is 36.7 Å². The molecule has 2 aromatic carbocycles. The van der Waals surface area contributed by atoms with Crippen LogP contribution in [-0.2, 0) is 11.2 Å². The van der Waals surface area contributed by atoms with Crippen LogP contribution in [0.5, 0.6) is 5.75 Å². The zero-order chi connectivity index (χ0) is 26.3. The Bertz CT molecular complexity index is 1270. The van der Waals surface area contributed by atoms with E-state index in [4.69, 9.17) is 4.74 Å². The molecule has 2 aliphatic rings. The van der Waals surface area contributed by atoms with Gasteiger partial charge in [0.05, 0.1) is 18.2 Å². The number of hydrogen-bond acceptors (Lipinski definition) is 3. The van der Waals surface area contributed by atoms with Crippen molar-refractivity contribution in [1.82, 2.24) is 14.8 Å². The number of para-hydroxylation sites is 1. The van der Waals surface area contributed by atoms with Crippen molar-refractivity contribution >= 4 is 16.8 Å². The van der Waals surface area contributed by atoms with Crippen molar-refractivity contribution in [2.75, 3.05) is 39.6 Å². The topological polar surface area (TPSA) is 48.6 Å². The Balaban J connectivity index is 1.49. The van der Waals surface area contributed by atoms with Crippen LogP contribution >= 0.6 is 0 Å². The van der Waals surface area contributed by atoms with E-state index in [9.17, 15) is 13.6 Å².